The lowest BCUT2D eigenvalue weighted by molar-refractivity contribution is -0.123. The molecule has 0 heterocycles. The second-order valence-corrected chi connectivity index (χ2v) is 5.65. The third-order valence-corrected chi connectivity index (χ3v) is 3.54. The number of hydrogen-bond donors (Lipinski definition) is 1. The lowest BCUT2D eigenvalue weighted by atomic mass is 10.1. The quantitative estimate of drug-likeness (QED) is 0.607. The number of amides is 1. The summed E-state index contributed by atoms with van der Waals surface area (Å²) in [5, 5.41) is 3.53. The summed E-state index contributed by atoms with van der Waals surface area (Å²) in [6.07, 6.45) is 8.74. The second kappa shape index (κ2) is 11.4. The van der Waals surface area contributed by atoms with Crippen molar-refractivity contribution in [2.75, 3.05) is 13.2 Å². The molecule has 1 aromatic rings. The molecule has 3 nitrogen and oxygen atoms in total. The average Bonchev–Trinajstić information content (AvgIpc) is 2.49. The Hall–Kier alpha value is -1.22. The van der Waals surface area contributed by atoms with Crippen LogP contribution in [0.15, 0.2) is 24.3 Å². The van der Waals surface area contributed by atoms with Gasteiger partial charge in [0.1, 0.15) is 5.75 Å². The fourth-order valence-electron chi connectivity index (χ4n) is 2.04. The van der Waals surface area contributed by atoms with Gasteiger partial charge in [-0.05, 0) is 30.7 Å². The summed E-state index contributed by atoms with van der Waals surface area (Å²) in [6.45, 7) is 3.01. The van der Waals surface area contributed by atoms with E-state index >= 15 is 0 Å². The van der Waals surface area contributed by atoms with Crippen molar-refractivity contribution in [1.82, 2.24) is 5.32 Å². The van der Waals surface area contributed by atoms with Crippen molar-refractivity contribution in [3.63, 3.8) is 0 Å². The highest BCUT2D eigenvalue weighted by Crippen LogP contribution is 2.15. The summed E-state index contributed by atoms with van der Waals surface area (Å²) in [5.41, 5.74) is 0. The molecule has 0 aliphatic heterocycles. The van der Waals surface area contributed by atoms with Crippen LogP contribution in [0.1, 0.15) is 51.9 Å². The van der Waals surface area contributed by atoms with E-state index in [0.717, 1.165) is 13.0 Å². The second-order valence-electron chi connectivity index (χ2n) is 5.21. The fourth-order valence-corrected chi connectivity index (χ4v) is 2.17. The first-order chi connectivity index (χ1) is 10.2. The molecule has 0 radical (unpaired) electrons. The zero-order valence-corrected chi connectivity index (χ0v) is 13.6. The van der Waals surface area contributed by atoms with Gasteiger partial charge in [0, 0.05) is 11.6 Å². The molecule has 0 unspecified atom stereocenters. The van der Waals surface area contributed by atoms with Crippen molar-refractivity contribution in [2.24, 2.45) is 0 Å². The van der Waals surface area contributed by atoms with E-state index in [9.17, 15) is 4.79 Å². The topological polar surface area (TPSA) is 38.3 Å². The number of benzene rings is 1. The number of rotatable bonds is 11. The van der Waals surface area contributed by atoms with Crippen LogP contribution in [0.25, 0.3) is 0 Å². The largest absolute Gasteiger partial charge is 0.484 e. The van der Waals surface area contributed by atoms with Crippen LogP contribution in [0, 0.1) is 0 Å². The van der Waals surface area contributed by atoms with E-state index < -0.39 is 0 Å². The van der Waals surface area contributed by atoms with Gasteiger partial charge in [0.25, 0.3) is 5.91 Å². The summed E-state index contributed by atoms with van der Waals surface area (Å²) < 4.78 is 5.37. The first-order valence-electron chi connectivity index (χ1n) is 7.87. The molecule has 1 rings (SSSR count). The van der Waals surface area contributed by atoms with Gasteiger partial charge in [0.05, 0.1) is 0 Å². The minimum absolute atomic E-state index is 0.0537. The molecule has 0 saturated carbocycles. The zero-order chi connectivity index (χ0) is 15.3. The lowest BCUT2D eigenvalue weighted by Crippen LogP contribution is -2.29. The van der Waals surface area contributed by atoms with Gasteiger partial charge < -0.3 is 10.1 Å². The third-order valence-electron chi connectivity index (χ3n) is 3.29. The summed E-state index contributed by atoms with van der Waals surface area (Å²) in [6, 6.07) is 7.00. The number of hydrogen-bond acceptors (Lipinski definition) is 2. The van der Waals surface area contributed by atoms with Crippen LogP contribution in [0.3, 0.4) is 0 Å². The Morgan fingerprint density at radius 2 is 1.67 bits per heavy atom. The Bertz CT molecular complexity index is 392. The van der Waals surface area contributed by atoms with Crippen molar-refractivity contribution in [3.05, 3.63) is 29.3 Å². The van der Waals surface area contributed by atoms with Gasteiger partial charge >= 0.3 is 0 Å². The summed E-state index contributed by atoms with van der Waals surface area (Å²) in [5.74, 6) is 0.585. The van der Waals surface area contributed by atoms with Crippen LogP contribution in [-0.4, -0.2) is 19.1 Å². The standard InChI is InChI=1S/C17H26ClNO2/c1-2-3-4-5-6-7-8-13-19-17(20)14-21-16-11-9-15(18)10-12-16/h9-12H,2-8,13-14H2,1H3,(H,19,20). The Morgan fingerprint density at radius 1 is 1.05 bits per heavy atom. The number of carbonyl (C=O) groups excluding carboxylic acids is 1. The van der Waals surface area contributed by atoms with Gasteiger partial charge in [-0.15, -0.1) is 0 Å². The Labute approximate surface area is 133 Å². The van der Waals surface area contributed by atoms with Gasteiger partial charge in [-0.25, -0.2) is 0 Å². The normalized spacial score (nSPS) is 10.4. The molecule has 0 aliphatic carbocycles. The lowest BCUT2D eigenvalue weighted by Gasteiger charge is -2.07. The highest BCUT2D eigenvalue weighted by atomic mass is 35.5. The first kappa shape index (κ1) is 17.8. The minimum atomic E-state index is -0.0732. The molecule has 0 spiro atoms. The summed E-state index contributed by atoms with van der Waals surface area (Å²) in [4.78, 5) is 11.6. The number of halogens is 1. The molecule has 118 valence electrons. The molecule has 1 N–H and O–H groups in total. The molecule has 21 heavy (non-hydrogen) atoms. The molecule has 0 aromatic heterocycles. The Morgan fingerprint density at radius 3 is 2.33 bits per heavy atom. The number of nitrogens with one attached hydrogen (secondary N) is 1. The predicted octanol–water partition coefficient (Wildman–Crippen LogP) is 4.59. The monoisotopic (exact) mass is 311 g/mol. The van der Waals surface area contributed by atoms with E-state index in [1.807, 2.05) is 0 Å². The highest BCUT2D eigenvalue weighted by Gasteiger charge is 2.02. The smallest absolute Gasteiger partial charge is 0.257 e. The summed E-state index contributed by atoms with van der Waals surface area (Å²) >= 11 is 5.78. The van der Waals surface area contributed by atoms with E-state index in [2.05, 4.69) is 12.2 Å². The van der Waals surface area contributed by atoms with Crippen LogP contribution in [0.5, 0.6) is 5.75 Å². The number of ether oxygens (including phenoxy) is 1. The molecular formula is C17H26ClNO2. The molecule has 0 bridgehead atoms. The maximum absolute atomic E-state index is 11.6. The molecule has 4 heteroatoms. The van der Waals surface area contributed by atoms with Crippen LogP contribution >= 0.6 is 11.6 Å². The van der Waals surface area contributed by atoms with E-state index in [1.165, 1.54) is 38.5 Å². The molecular weight excluding hydrogens is 286 g/mol. The van der Waals surface area contributed by atoms with Gasteiger partial charge in [-0.2, -0.15) is 0 Å². The summed E-state index contributed by atoms with van der Waals surface area (Å²) in [7, 11) is 0. The van der Waals surface area contributed by atoms with Crippen molar-refractivity contribution in [1.29, 1.82) is 0 Å². The SMILES string of the molecule is CCCCCCCCCNC(=O)COc1ccc(Cl)cc1. The maximum Gasteiger partial charge on any atom is 0.257 e. The van der Waals surface area contributed by atoms with E-state index in [4.69, 9.17) is 16.3 Å². The van der Waals surface area contributed by atoms with E-state index in [1.54, 1.807) is 24.3 Å². The Balaban J connectivity index is 1.97. The van der Waals surface area contributed by atoms with E-state index in [0.29, 0.717) is 10.8 Å². The first-order valence-corrected chi connectivity index (χ1v) is 8.25. The molecule has 1 amide bonds. The van der Waals surface area contributed by atoms with Crippen LogP contribution in [0.4, 0.5) is 0 Å². The molecule has 0 saturated heterocycles. The zero-order valence-electron chi connectivity index (χ0n) is 12.9. The van der Waals surface area contributed by atoms with Crippen molar-refractivity contribution in [3.8, 4) is 5.75 Å². The number of carbonyl (C=O) groups is 1. The third kappa shape index (κ3) is 9.35. The highest BCUT2D eigenvalue weighted by molar-refractivity contribution is 6.30. The Kier molecular flexibility index (Phi) is 9.71. The van der Waals surface area contributed by atoms with Crippen molar-refractivity contribution in [2.45, 2.75) is 51.9 Å². The van der Waals surface area contributed by atoms with Gasteiger partial charge in [-0.3, -0.25) is 4.79 Å². The van der Waals surface area contributed by atoms with Crippen molar-refractivity contribution < 1.29 is 9.53 Å². The van der Waals surface area contributed by atoms with Crippen molar-refractivity contribution >= 4 is 17.5 Å². The fraction of sp³-hybridized carbons (Fsp3) is 0.588. The minimum Gasteiger partial charge on any atom is -0.484 e. The molecule has 1 aromatic carbocycles. The van der Waals surface area contributed by atoms with Crippen LogP contribution in [0.2, 0.25) is 5.02 Å². The van der Waals surface area contributed by atoms with Gasteiger partial charge in [-0.1, -0.05) is 57.0 Å². The predicted molar refractivity (Wildman–Crippen MR) is 87.9 cm³/mol. The maximum atomic E-state index is 11.6. The molecule has 0 fully saturated rings. The van der Waals surface area contributed by atoms with E-state index in [-0.39, 0.29) is 12.5 Å². The van der Waals surface area contributed by atoms with Crippen LogP contribution in [-0.2, 0) is 4.79 Å². The molecule has 0 aliphatic rings. The van der Waals surface area contributed by atoms with Gasteiger partial charge in [0.15, 0.2) is 6.61 Å². The van der Waals surface area contributed by atoms with Crippen LogP contribution < -0.4 is 10.1 Å². The van der Waals surface area contributed by atoms with Gasteiger partial charge in [0.2, 0.25) is 0 Å². The molecule has 0 atom stereocenters. The average molecular weight is 312 g/mol. The number of unbranched alkanes of at least 4 members (excludes halogenated alkanes) is 6.